The van der Waals surface area contributed by atoms with E-state index in [1.807, 2.05) is 0 Å². The second-order valence-corrected chi connectivity index (χ2v) is 8.82. The van der Waals surface area contributed by atoms with E-state index in [2.05, 4.69) is 4.72 Å². The molecule has 0 aliphatic heterocycles. The molecular weight excluding hydrogens is 535 g/mol. The number of halogens is 3. The Kier molecular flexibility index (Phi) is 9.27. The number of methoxy groups -OCH3 is 1. The highest BCUT2D eigenvalue weighted by atomic mass is 32.2. The number of carbonyl (C=O) groups is 2. The summed E-state index contributed by atoms with van der Waals surface area (Å²) in [6.45, 7) is 0. The van der Waals surface area contributed by atoms with Gasteiger partial charge in [-0.15, -0.1) is 0 Å². The van der Waals surface area contributed by atoms with Gasteiger partial charge in [-0.1, -0.05) is 0 Å². The van der Waals surface area contributed by atoms with Crippen LogP contribution in [0.4, 0.5) is 18.9 Å². The number of aliphatic carboxylic acids is 1. The summed E-state index contributed by atoms with van der Waals surface area (Å²) in [6.07, 6.45) is -5.08. The number of anilines is 1. The Labute approximate surface area is 213 Å². The van der Waals surface area contributed by atoms with Crippen LogP contribution in [0.25, 0.3) is 0 Å². The SMILES string of the molecule is COc1ccc(S(=O)(=O)Nc2ccc(Oc3ccc(C(=N)N)cc3)c(C(=O)O)c2)cc1.O=C(O)C(F)(F)F. The fraction of sp³-hybridized carbons (Fsp3) is 0.0870. The molecule has 0 bridgehead atoms. The highest BCUT2D eigenvalue weighted by Crippen LogP contribution is 2.29. The number of aromatic carboxylic acids is 1. The van der Waals surface area contributed by atoms with Gasteiger partial charge in [-0.25, -0.2) is 18.0 Å². The van der Waals surface area contributed by atoms with E-state index in [9.17, 15) is 31.5 Å². The maximum atomic E-state index is 12.6. The van der Waals surface area contributed by atoms with E-state index in [1.54, 1.807) is 24.3 Å². The summed E-state index contributed by atoms with van der Waals surface area (Å²) in [5, 5.41) is 24.1. The van der Waals surface area contributed by atoms with Crippen molar-refractivity contribution in [3.63, 3.8) is 0 Å². The molecule has 0 aliphatic rings. The third-order valence-electron chi connectivity index (χ3n) is 4.47. The van der Waals surface area contributed by atoms with Gasteiger partial charge >= 0.3 is 18.1 Å². The van der Waals surface area contributed by atoms with Crippen LogP contribution in [0.5, 0.6) is 17.2 Å². The first-order valence-corrected chi connectivity index (χ1v) is 11.6. The van der Waals surface area contributed by atoms with E-state index in [0.717, 1.165) is 0 Å². The number of hydrogen-bond acceptors (Lipinski definition) is 7. The summed E-state index contributed by atoms with van der Waals surface area (Å²) >= 11 is 0. The Bertz CT molecular complexity index is 1430. The molecule has 38 heavy (non-hydrogen) atoms. The molecule has 6 N–H and O–H groups in total. The van der Waals surface area contributed by atoms with Crippen LogP contribution < -0.4 is 19.9 Å². The van der Waals surface area contributed by atoms with Crippen LogP contribution in [-0.4, -0.2) is 49.7 Å². The molecular formula is C23H20F3N3O8S. The average molecular weight is 555 g/mol. The van der Waals surface area contributed by atoms with Gasteiger partial charge in [0, 0.05) is 11.3 Å². The Morgan fingerprint density at radius 3 is 1.92 bits per heavy atom. The largest absolute Gasteiger partial charge is 0.497 e. The number of benzene rings is 3. The van der Waals surface area contributed by atoms with E-state index in [1.165, 1.54) is 49.6 Å². The summed E-state index contributed by atoms with van der Waals surface area (Å²) in [6, 6.07) is 15.9. The summed E-state index contributed by atoms with van der Waals surface area (Å²) in [5.41, 5.74) is 5.73. The van der Waals surface area contributed by atoms with Crippen LogP contribution >= 0.6 is 0 Å². The molecule has 0 aromatic heterocycles. The Morgan fingerprint density at radius 1 is 0.947 bits per heavy atom. The molecule has 15 heteroatoms. The maximum absolute atomic E-state index is 12.6. The number of sulfonamides is 1. The number of hydrogen-bond donors (Lipinski definition) is 5. The summed E-state index contributed by atoms with van der Waals surface area (Å²) in [4.78, 5) is 20.6. The zero-order chi connectivity index (χ0) is 28.7. The molecule has 0 saturated carbocycles. The minimum absolute atomic E-state index is 0.00365. The number of nitrogen functional groups attached to an aromatic ring is 1. The standard InChI is InChI=1S/C21H19N3O6S.C2HF3O2/c1-29-15-7-9-17(10-8-15)31(27,28)24-14-4-11-19(18(12-14)21(25)26)30-16-5-2-13(3-6-16)20(22)23;3-2(4,5)1(6)7/h2-12,24H,1H3,(H3,22,23)(H,25,26);(H,6,7). The van der Waals surface area contributed by atoms with Crippen LogP contribution in [0.1, 0.15) is 15.9 Å². The topological polar surface area (TPSA) is 189 Å². The Balaban J connectivity index is 0.000000638. The van der Waals surface area contributed by atoms with Gasteiger partial charge in [-0.05, 0) is 66.7 Å². The monoisotopic (exact) mass is 555 g/mol. The van der Waals surface area contributed by atoms with Gasteiger partial charge in [0.2, 0.25) is 0 Å². The molecule has 0 spiro atoms. The lowest BCUT2D eigenvalue weighted by molar-refractivity contribution is -0.192. The lowest BCUT2D eigenvalue weighted by Gasteiger charge is -2.13. The zero-order valence-corrected chi connectivity index (χ0v) is 20.1. The first-order chi connectivity index (χ1) is 17.6. The second-order valence-electron chi connectivity index (χ2n) is 7.14. The van der Waals surface area contributed by atoms with Crippen LogP contribution in [0.3, 0.4) is 0 Å². The van der Waals surface area contributed by atoms with Crippen LogP contribution in [0, 0.1) is 5.41 Å². The third kappa shape index (κ3) is 8.12. The van der Waals surface area contributed by atoms with E-state index in [4.69, 9.17) is 30.5 Å². The molecule has 11 nitrogen and oxygen atoms in total. The van der Waals surface area contributed by atoms with Gasteiger partial charge in [-0.3, -0.25) is 10.1 Å². The quantitative estimate of drug-likeness (QED) is 0.203. The lowest BCUT2D eigenvalue weighted by Crippen LogP contribution is -2.21. The first kappa shape index (κ1) is 29.4. The van der Waals surface area contributed by atoms with Crippen molar-refractivity contribution in [2.24, 2.45) is 5.73 Å². The normalized spacial score (nSPS) is 10.9. The Morgan fingerprint density at radius 2 is 1.47 bits per heavy atom. The van der Waals surface area contributed by atoms with Crippen LogP contribution in [0.15, 0.2) is 71.6 Å². The van der Waals surface area contributed by atoms with Crippen molar-refractivity contribution in [3.8, 4) is 17.2 Å². The van der Waals surface area contributed by atoms with Crippen LogP contribution in [0.2, 0.25) is 0 Å². The van der Waals surface area contributed by atoms with Crippen molar-refractivity contribution in [2.45, 2.75) is 11.1 Å². The van der Waals surface area contributed by atoms with Gasteiger partial charge in [0.25, 0.3) is 10.0 Å². The number of nitrogens with two attached hydrogens (primary N) is 1. The van der Waals surface area contributed by atoms with E-state index in [-0.39, 0.29) is 27.7 Å². The summed E-state index contributed by atoms with van der Waals surface area (Å²) in [7, 11) is -2.47. The van der Waals surface area contributed by atoms with Crippen molar-refractivity contribution in [2.75, 3.05) is 11.8 Å². The van der Waals surface area contributed by atoms with Crippen LogP contribution in [-0.2, 0) is 14.8 Å². The van der Waals surface area contributed by atoms with Gasteiger partial charge in [0.05, 0.1) is 12.0 Å². The lowest BCUT2D eigenvalue weighted by atomic mass is 10.1. The molecule has 0 aliphatic carbocycles. The number of carboxylic acids is 2. The predicted octanol–water partition coefficient (Wildman–Crippen LogP) is 3.90. The molecule has 3 aromatic rings. The average Bonchev–Trinajstić information content (AvgIpc) is 2.85. The summed E-state index contributed by atoms with van der Waals surface area (Å²) < 4.78 is 69.9. The predicted molar refractivity (Wildman–Crippen MR) is 128 cm³/mol. The van der Waals surface area contributed by atoms with Gasteiger partial charge in [0.1, 0.15) is 28.6 Å². The molecule has 0 atom stereocenters. The van der Waals surface area contributed by atoms with Crippen molar-refractivity contribution in [1.82, 2.24) is 0 Å². The zero-order valence-electron chi connectivity index (χ0n) is 19.3. The molecule has 0 fully saturated rings. The fourth-order valence-electron chi connectivity index (χ4n) is 2.65. The molecule has 3 rings (SSSR count). The van der Waals surface area contributed by atoms with E-state index >= 15 is 0 Å². The highest BCUT2D eigenvalue weighted by Gasteiger charge is 2.38. The highest BCUT2D eigenvalue weighted by molar-refractivity contribution is 7.92. The third-order valence-corrected chi connectivity index (χ3v) is 5.86. The number of amidine groups is 1. The number of rotatable bonds is 8. The number of alkyl halides is 3. The van der Waals surface area contributed by atoms with Crippen molar-refractivity contribution in [1.29, 1.82) is 5.41 Å². The number of ether oxygens (including phenoxy) is 2. The molecule has 0 saturated heterocycles. The maximum Gasteiger partial charge on any atom is 0.490 e. The number of nitrogens with one attached hydrogen (secondary N) is 2. The molecule has 202 valence electrons. The fourth-order valence-corrected chi connectivity index (χ4v) is 3.70. The van der Waals surface area contributed by atoms with E-state index in [0.29, 0.717) is 17.1 Å². The van der Waals surface area contributed by atoms with Crippen molar-refractivity contribution in [3.05, 3.63) is 77.9 Å². The van der Waals surface area contributed by atoms with Gasteiger partial charge < -0.3 is 25.4 Å². The molecule has 0 heterocycles. The smallest absolute Gasteiger partial charge is 0.490 e. The Hall–Kier alpha value is -4.79. The van der Waals surface area contributed by atoms with Gasteiger partial charge in [-0.2, -0.15) is 13.2 Å². The molecule has 0 radical (unpaired) electrons. The minimum Gasteiger partial charge on any atom is -0.497 e. The first-order valence-electron chi connectivity index (χ1n) is 10.1. The summed E-state index contributed by atoms with van der Waals surface area (Å²) in [5.74, 6) is -3.29. The minimum atomic E-state index is -5.08. The molecule has 0 unspecified atom stereocenters. The molecule has 3 aromatic carbocycles. The van der Waals surface area contributed by atoms with E-state index < -0.39 is 28.1 Å². The van der Waals surface area contributed by atoms with Crippen molar-refractivity contribution >= 4 is 33.5 Å². The number of carboxylic acid groups (broad SMARTS) is 2. The van der Waals surface area contributed by atoms with Gasteiger partial charge in [0.15, 0.2) is 0 Å². The second kappa shape index (κ2) is 12.0. The van der Waals surface area contributed by atoms with Crippen molar-refractivity contribution < 1.29 is 50.9 Å². The molecule has 0 amide bonds.